The van der Waals surface area contributed by atoms with E-state index in [1.807, 2.05) is 53.9 Å². The zero-order valence-corrected chi connectivity index (χ0v) is 20.5. The summed E-state index contributed by atoms with van der Waals surface area (Å²) in [6.07, 6.45) is 1.70. The van der Waals surface area contributed by atoms with Crippen LogP contribution in [0.5, 0.6) is 11.5 Å². The lowest BCUT2D eigenvalue weighted by Gasteiger charge is -2.13. The number of benzene rings is 3. The molecule has 0 aliphatic heterocycles. The maximum absolute atomic E-state index is 6.21. The molecule has 0 aliphatic rings. The SMILES string of the molecule is COc1ccc(C=NNc2nc(-c3ccccc3)cs2)cc1COc1c(Cl)cc(Cl)cc1Cl. The van der Waals surface area contributed by atoms with Gasteiger partial charge in [0.2, 0.25) is 5.13 Å². The summed E-state index contributed by atoms with van der Waals surface area (Å²) in [5.74, 6) is 1.04. The Balaban J connectivity index is 1.44. The molecule has 4 aromatic rings. The molecule has 0 unspecified atom stereocenters. The van der Waals surface area contributed by atoms with Gasteiger partial charge in [-0.2, -0.15) is 5.10 Å². The highest BCUT2D eigenvalue weighted by Gasteiger charge is 2.12. The van der Waals surface area contributed by atoms with Gasteiger partial charge < -0.3 is 9.47 Å². The first-order valence-corrected chi connectivity index (χ1v) is 11.8. The minimum absolute atomic E-state index is 0.201. The molecule has 168 valence electrons. The molecule has 3 aromatic carbocycles. The van der Waals surface area contributed by atoms with Crippen molar-refractivity contribution in [2.75, 3.05) is 12.5 Å². The van der Waals surface area contributed by atoms with Gasteiger partial charge in [-0.05, 0) is 35.9 Å². The highest BCUT2D eigenvalue weighted by Crippen LogP contribution is 2.36. The highest BCUT2D eigenvalue weighted by molar-refractivity contribution is 7.14. The topological polar surface area (TPSA) is 55.7 Å². The molecule has 9 heteroatoms. The molecule has 0 bridgehead atoms. The van der Waals surface area contributed by atoms with Gasteiger partial charge in [-0.1, -0.05) is 65.1 Å². The fourth-order valence-electron chi connectivity index (χ4n) is 3.04. The van der Waals surface area contributed by atoms with Gasteiger partial charge in [0.25, 0.3) is 0 Å². The molecule has 0 atom stereocenters. The molecule has 0 fully saturated rings. The normalized spacial score (nSPS) is 11.0. The second-order valence-corrected chi connectivity index (χ2v) is 8.94. The molecule has 0 aliphatic carbocycles. The number of anilines is 1. The summed E-state index contributed by atoms with van der Waals surface area (Å²) in [7, 11) is 1.60. The Bertz CT molecular complexity index is 1260. The minimum atomic E-state index is 0.201. The van der Waals surface area contributed by atoms with Gasteiger partial charge >= 0.3 is 0 Å². The number of hydrogen-bond donors (Lipinski definition) is 1. The summed E-state index contributed by atoms with van der Waals surface area (Å²) in [4.78, 5) is 4.56. The van der Waals surface area contributed by atoms with E-state index in [4.69, 9.17) is 44.3 Å². The Hall–Kier alpha value is -2.77. The van der Waals surface area contributed by atoms with Crippen molar-refractivity contribution in [2.45, 2.75) is 6.61 Å². The molecule has 1 N–H and O–H groups in total. The lowest BCUT2D eigenvalue weighted by Crippen LogP contribution is -2.01. The second kappa shape index (κ2) is 10.9. The van der Waals surface area contributed by atoms with Crippen LogP contribution in [0.15, 0.2) is 71.1 Å². The van der Waals surface area contributed by atoms with Crippen LogP contribution < -0.4 is 14.9 Å². The van der Waals surface area contributed by atoms with Crippen molar-refractivity contribution in [1.29, 1.82) is 0 Å². The lowest BCUT2D eigenvalue weighted by atomic mass is 10.1. The van der Waals surface area contributed by atoms with Crippen LogP contribution in [0.3, 0.4) is 0 Å². The fourth-order valence-corrected chi connectivity index (χ4v) is 4.63. The van der Waals surface area contributed by atoms with Gasteiger partial charge in [-0.3, -0.25) is 5.43 Å². The molecule has 5 nitrogen and oxygen atoms in total. The smallest absolute Gasteiger partial charge is 0.203 e. The van der Waals surface area contributed by atoms with Crippen molar-refractivity contribution in [2.24, 2.45) is 5.10 Å². The first kappa shape index (κ1) is 23.4. The van der Waals surface area contributed by atoms with Crippen molar-refractivity contribution >= 4 is 57.5 Å². The molecule has 33 heavy (non-hydrogen) atoms. The van der Waals surface area contributed by atoms with Crippen molar-refractivity contribution in [3.63, 3.8) is 0 Å². The van der Waals surface area contributed by atoms with E-state index in [0.717, 1.165) is 22.4 Å². The molecule has 0 amide bonds. The third kappa shape index (κ3) is 5.97. The van der Waals surface area contributed by atoms with E-state index in [1.54, 1.807) is 25.5 Å². The van der Waals surface area contributed by atoms with Gasteiger partial charge in [-0.25, -0.2) is 4.98 Å². The maximum atomic E-state index is 6.21. The molecule has 4 rings (SSSR count). The van der Waals surface area contributed by atoms with E-state index >= 15 is 0 Å². The van der Waals surface area contributed by atoms with Crippen LogP contribution in [0.4, 0.5) is 5.13 Å². The molecular weight excluding hydrogens is 501 g/mol. The van der Waals surface area contributed by atoms with Crippen LogP contribution in [0, 0.1) is 0 Å². The third-order valence-electron chi connectivity index (χ3n) is 4.59. The lowest BCUT2D eigenvalue weighted by molar-refractivity contribution is 0.297. The van der Waals surface area contributed by atoms with Crippen LogP contribution in [0.1, 0.15) is 11.1 Å². The Morgan fingerprint density at radius 2 is 1.79 bits per heavy atom. The molecule has 0 spiro atoms. The molecule has 0 saturated carbocycles. The molecule has 1 aromatic heterocycles. The standard InChI is InChI=1S/C24H18Cl3N3O2S/c1-31-22-8-7-15(9-17(22)13-32-23-19(26)10-18(25)11-20(23)27)12-28-30-24-29-21(14-33-24)16-5-3-2-4-6-16/h2-12,14H,13H2,1H3,(H,29,30). The molecule has 1 heterocycles. The number of hydrazone groups is 1. The van der Waals surface area contributed by atoms with Crippen LogP contribution in [-0.2, 0) is 6.61 Å². The average molecular weight is 519 g/mol. The number of methoxy groups -OCH3 is 1. The minimum Gasteiger partial charge on any atom is -0.496 e. The van der Waals surface area contributed by atoms with Gasteiger partial charge in [-0.15, -0.1) is 11.3 Å². The summed E-state index contributed by atoms with van der Waals surface area (Å²) in [5.41, 5.74) is 6.61. The average Bonchev–Trinajstić information content (AvgIpc) is 3.28. The Morgan fingerprint density at radius 3 is 2.52 bits per heavy atom. The van der Waals surface area contributed by atoms with E-state index in [2.05, 4.69) is 15.5 Å². The summed E-state index contributed by atoms with van der Waals surface area (Å²) < 4.78 is 11.3. The number of halogens is 3. The molecular formula is C24H18Cl3N3O2S. The Morgan fingerprint density at radius 1 is 1.03 bits per heavy atom. The van der Waals surface area contributed by atoms with E-state index in [9.17, 15) is 0 Å². The summed E-state index contributed by atoms with van der Waals surface area (Å²) in [6.45, 7) is 0.201. The summed E-state index contributed by atoms with van der Waals surface area (Å²) >= 11 is 19.9. The first-order valence-electron chi connectivity index (χ1n) is 9.78. The van der Waals surface area contributed by atoms with Crippen molar-refractivity contribution in [3.05, 3.63) is 92.2 Å². The van der Waals surface area contributed by atoms with E-state index in [0.29, 0.717) is 31.7 Å². The monoisotopic (exact) mass is 517 g/mol. The van der Waals surface area contributed by atoms with Gasteiger partial charge in [0.15, 0.2) is 5.75 Å². The van der Waals surface area contributed by atoms with Crippen molar-refractivity contribution < 1.29 is 9.47 Å². The fraction of sp³-hybridized carbons (Fsp3) is 0.0833. The third-order valence-corrected chi connectivity index (χ3v) is 6.11. The number of nitrogens with zero attached hydrogens (tertiary/aromatic N) is 2. The van der Waals surface area contributed by atoms with Gasteiger partial charge in [0.1, 0.15) is 12.4 Å². The van der Waals surface area contributed by atoms with Crippen LogP contribution >= 0.6 is 46.1 Å². The Labute approximate surface area is 210 Å². The summed E-state index contributed by atoms with van der Waals surface area (Å²) in [6, 6.07) is 18.8. The van der Waals surface area contributed by atoms with Gasteiger partial charge in [0, 0.05) is 21.5 Å². The molecule has 0 radical (unpaired) electrons. The maximum Gasteiger partial charge on any atom is 0.203 e. The van der Waals surface area contributed by atoms with Crippen LogP contribution in [0.2, 0.25) is 15.1 Å². The number of hydrogen-bond acceptors (Lipinski definition) is 6. The Kier molecular flexibility index (Phi) is 7.73. The zero-order valence-electron chi connectivity index (χ0n) is 17.4. The summed E-state index contributed by atoms with van der Waals surface area (Å²) in [5, 5.41) is 8.12. The predicted octanol–water partition coefficient (Wildman–Crippen LogP) is 7.80. The predicted molar refractivity (Wildman–Crippen MR) is 138 cm³/mol. The van der Waals surface area contributed by atoms with Crippen LogP contribution in [0.25, 0.3) is 11.3 Å². The number of rotatable bonds is 8. The largest absolute Gasteiger partial charge is 0.496 e. The highest BCUT2D eigenvalue weighted by atomic mass is 35.5. The second-order valence-electron chi connectivity index (χ2n) is 6.83. The number of ether oxygens (including phenoxy) is 2. The quantitative estimate of drug-likeness (QED) is 0.191. The molecule has 0 saturated heterocycles. The number of nitrogens with one attached hydrogen (secondary N) is 1. The van der Waals surface area contributed by atoms with Crippen LogP contribution in [-0.4, -0.2) is 18.3 Å². The van der Waals surface area contributed by atoms with E-state index in [-0.39, 0.29) is 6.61 Å². The van der Waals surface area contributed by atoms with E-state index in [1.165, 1.54) is 11.3 Å². The first-order chi connectivity index (χ1) is 16.0. The number of aromatic nitrogens is 1. The van der Waals surface area contributed by atoms with E-state index < -0.39 is 0 Å². The zero-order chi connectivity index (χ0) is 23.2. The van der Waals surface area contributed by atoms with Crippen molar-refractivity contribution in [3.8, 4) is 22.8 Å². The van der Waals surface area contributed by atoms with Crippen molar-refractivity contribution in [1.82, 2.24) is 4.98 Å². The van der Waals surface area contributed by atoms with Gasteiger partial charge in [0.05, 0.1) is 29.1 Å². The number of thiazole rings is 1.